The van der Waals surface area contributed by atoms with E-state index in [1.807, 2.05) is 0 Å². The van der Waals surface area contributed by atoms with E-state index in [9.17, 15) is 22.8 Å². The minimum atomic E-state index is -4.80. The van der Waals surface area contributed by atoms with Crippen molar-refractivity contribution >= 4 is 11.9 Å². The second kappa shape index (κ2) is 6.73. The first-order chi connectivity index (χ1) is 14.1. The third kappa shape index (κ3) is 3.10. The number of fused-ring (bicyclic) bond motifs is 2. The Morgan fingerprint density at radius 3 is 2.13 bits per heavy atom. The molecule has 7 heteroatoms. The average Bonchev–Trinajstić information content (AvgIpc) is 3.21. The van der Waals surface area contributed by atoms with Crippen molar-refractivity contribution in [1.29, 1.82) is 0 Å². The van der Waals surface area contributed by atoms with Crippen molar-refractivity contribution in [2.45, 2.75) is 76.2 Å². The third-order valence-electron chi connectivity index (χ3n) is 9.05. The Kier molecular flexibility index (Phi) is 4.57. The summed E-state index contributed by atoms with van der Waals surface area (Å²) in [5.74, 6) is -0.0228. The van der Waals surface area contributed by atoms with Crippen molar-refractivity contribution in [2.75, 3.05) is 0 Å². The van der Waals surface area contributed by atoms with Gasteiger partial charge < -0.3 is 9.47 Å². The summed E-state index contributed by atoms with van der Waals surface area (Å²) in [5.41, 5.74) is -1.92. The highest BCUT2D eigenvalue weighted by Crippen LogP contribution is 2.60. The van der Waals surface area contributed by atoms with Gasteiger partial charge in [-0.1, -0.05) is 6.58 Å². The number of esters is 2. The molecule has 6 saturated carbocycles. The molecule has 0 aliphatic heterocycles. The Bertz CT molecular complexity index is 745. The van der Waals surface area contributed by atoms with Gasteiger partial charge >= 0.3 is 18.1 Å². The summed E-state index contributed by atoms with van der Waals surface area (Å²) < 4.78 is 49.7. The first-order valence-corrected chi connectivity index (χ1v) is 11.3. The van der Waals surface area contributed by atoms with Crippen molar-refractivity contribution in [1.82, 2.24) is 0 Å². The number of hydrogen-bond acceptors (Lipinski definition) is 4. The summed E-state index contributed by atoms with van der Waals surface area (Å²) in [6, 6.07) is 0. The van der Waals surface area contributed by atoms with Crippen molar-refractivity contribution in [3.8, 4) is 0 Å². The largest absolute Gasteiger partial charge is 0.459 e. The van der Waals surface area contributed by atoms with E-state index in [1.54, 1.807) is 0 Å². The number of halogens is 3. The van der Waals surface area contributed by atoms with Crippen LogP contribution in [0.1, 0.15) is 58.3 Å². The third-order valence-corrected chi connectivity index (χ3v) is 9.05. The molecule has 166 valence electrons. The van der Waals surface area contributed by atoms with E-state index in [0.29, 0.717) is 24.7 Å². The summed E-state index contributed by atoms with van der Waals surface area (Å²) in [4.78, 5) is 25.1. The normalized spacial score (nSPS) is 46.1. The highest BCUT2D eigenvalue weighted by molar-refractivity contribution is 5.89. The molecule has 4 unspecified atom stereocenters. The van der Waals surface area contributed by atoms with Crippen LogP contribution in [-0.2, 0) is 19.1 Å². The standard InChI is InChI=1S/C23H29F3O4/c1-11(23(24,25)26)20(27)29-19-14-3-4-17(19)18(10-14)21(28)30-22(2)15-6-12-5-13(8-15)9-16(22)7-12/h12-19H,1,3-10H2,2H3. The van der Waals surface area contributed by atoms with Gasteiger partial charge in [0.1, 0.15) is 17.3 Å². The van der Waals surface area contributed by atoms with Crippen molar-refractivity contribution in [2.24, 2.45) is 41.4 Å². The molecule has 6 fully saturated rings. The average molecular weight is 426 g/mol. The molecule has 6 bridgehead atoms. The summed E-state index contributed by atoms with van der Waals surface area (Å²) in [7, 11) is 0. The first kappa shape index (κ1) is 20.4. The predicted molar refractivity (Wildman–Crippen MR) is 101 cm³/mol. The fraction of sp³-hybridized carbons (Fsp3) is 0.826. The van der Waals surface area contributed by atoms with Crippen LogP contribution in [0.5, 0.6) is 0 Å². The number of alkyl halides is 3. The van der Waals surface area contributed by atoms with Crippen LogP contribution in [0.15, 0.2) is 12.2 Å². The topological polar surface area (TPSA) is 52.6 Å². The second-order valence-corrected chi connectivity index (χ2v) is 10.6. The van der Waals surface area contributed by atoms with Crippen LogP contribution in [0.25, 0.3) is 0 Å². The Hall–Kier alpha value is -1.53. The predicted octanol–water partition coefficient (Wildman–Crippen LogP) is 4.82. The van der Waals surface area contributed by atoms with Gasteiger partial charge in [0.05, 0.1) is 5.92 Å². The molecule has 6 rings (SSSR count). The Morgan fingerprint density at radius 1 is 0.967 bits per heavy atom. The molecule has 0 spiro atoms. The molecule has 4 nitrogen and oxygen atoms in total. The van der Waals surface area contributed by atoms with E-state index >= 15 is 0 Å². The maximum Gasteiger partial charge on any atom is 0.422 e. The smallest absolute Gasteiger partial charge is 0.422 e. The first-order valence-electron chi connectivity index (χ1n) is 11.3. The molecule has 0 aromatic carbocycles. The highest BCUT2D eigenvalue weighted by Gasteiger charge is 2.59. The maximum atomic E-state index is 13.2. The van der Waals surface area contributed by atoms with Gasteiger partial charge in [-0.15, -0.1) is 0 Å². The molecule has 0 heterocycles. The van der Waals surface area contributed by atoms with Gasteiger partial charge in [-0.05, 0) is 87.9 Å². The van der Waals surface area contributed by atoms with Crippen LogP contribution >= 0.6 is 0 Å². The molecule has 0 radical (unpaired) electrons. The van der Waals surface area contributed by atoms with Crippen LogP contribution in [0.4, 0.5) is 13.2 Å². The number of carbonyl (C=O) groups excluding carboxylic acids is 2. The molecule has 6 aliphatic rings. The van der Waals surface area contributed by atoms with Gasteiger partial charge in [-0.25, -0.2) is 4.79 Å². The molecular weight excluding hydrogens is 397 g/mol. The molecule has 0 saturated heterocycles. The van der Waals surface area contributed by atoms with E-state index in [0.717, 1.165) is 43.9 Å². The van der Waals surface area contributed by atoms with Gasteiger partial charge in [-0.2, -0.15) is 13.2 Å². The van der Waals surface area contributed by atoms with Crippen LogP contribution in [0.3, 0.4) is 0 Å². The van der Waals surface area contributed by atoms with Crippen molar-refractivity contribution in [3.63, 3.8) is 0 Å². The quantitative estimate of drug-likeness (QED) is 0.478. The number of carbonyl (C=O) groups is 2. The van der Waals surface area contributed by atoms with Crippen LogP contribution in [-0.4, -0.2) is 29.8 Å². The zero-order chi connectivity index (χ0) is 21.4. The fourth-order valence-corrected chi connectivity index (χ4v) is 7.61. The van der Waals surface area contributed by atoms with Gasteiger partial charge in [0.2, 0.25) is 0 Å². The molecule has 30 heavy (non-hydrogen) atoms. The van der Waals surface area contributed by atoms with Gasteiger partial charge in [0, 0.05) is 5.92 Å². The van der Waals surface area contributed by atoms with E-state index in [2.05, 4.69) is 13.5 Å². The molecule has 0 aromatic rings. The highest BCUT2D eigenvalue weighted by atomic mass is 19.4. The monoisotopic (exact) mass is 426 g/mol. The van der Waals surface area contributed by atoms with E-state index < -0.39 is 35.3 Å². The summed E-state index contributed by atoms with van der Waals surface area (Å²) >= 11 is 0. The second-order valence-electron chi connectivity index (χ2n) is 10.6. The van der Waals surface area contributed by atoms with Crippen molar-refractivity contribution in [3.05, 3.63) is 12.2 Å². The van der Waals surface area contributed by atoms with E-state index in [-0.39, 0.29) is 17.8 Å². The molecule has 0 aromatic heterocycles. The number of rotatable bonds is 4. The van der Waals surface area contributed by atoms with E-state index in [1.165, 1.54) is 6.42 Å². The maximum absolute atomic E-state index is 13.2. The summed E-state index contributed by atoms with van der Waals surface area (Å²) in [5, 5.41) is 0. The Labute approximate surface area is 174 Å². The Balaban J connectivity index is 1.25. The lowest BCUT2D eigenvalue weighted by Crippen LogP contribution is -2.58. The SMILES string of the molecule is C=C(C(=O)OC1C2CCC1C(C(=O)OC1(C)C3CC4CC(C3)CC1C4)C2)C(F)(F)F. The summed E-state index contributed by atoms with van der Waals surface area (Å²) in [6.07, 6.45) is 2.35. The lowest BCUT2D eigenvalue weighted by molar-refractivity contribution is -0.208. The fourth-order valence-electron chi connectivity index (χ4n) is 7.61. The molecule has 0 amide bonds. The van der Waals surface area contributed by atoms with Gasteiger partial charge in [0.25, 0.3) is 0 Å². The molecule has 6 aliphatic carbocycles. The summed E-state index contributed by atoms with van der Waals surface area (Å²) in [6.45, 7) is 4.92. The van der Waals surface area contributed by atoms with Crippen molar-refractivity contribution < 1.29 is 32.2 Å². The molecular formula is C23H29F3O4. The van der Waals surface area contributed by atoms with Gasteiger partial charge in [0.15, 0.2) is 0 Å². The van der Waals surface area contributed by atoms with Crippen LogP contribution in [0.2, 0.25) is 0 Å². The van der Waals surface area contributed by atoms with E-state index in [4.69, 9.17) is 9.47 Å². The van der Waals surface area contributed by atoms with Crippen LogP contribution in [0, 0.1) is 41.4 Å². The number of hydrogen-bond donors (Lipinski definition) is 0. The lowest BCUT2D eigenvalue weighted by atomic mass is 9.50. The zero-order valence-corrected chi connectivity index (χ0v) is 17.2. The minimum absolute atomic E-state index is 0.0798. The zero-order valence-electron chi connectivity index (χ0n) is 17.2. The van der Waals surface area contributed by atoms with Crippen LogP contribution < -0.4 is 0 Å². The minimum Gasteiger partial charge on any atom is -0.459 e. The number of ether oxygens (including phenoxy) is 2. The lowest BCUT2D eigenvalue weighted by Gasteiger charge is -2.59. The Morgan fingerprint density at radius 2 is 1.57 bits per heavy atom. The molecule has 4 atom stereocenters. The molecule has 0 N–H and O–H groups in total. The van der Waals surface area contributed by atoms with Gasteiger partial charge in [-0.3, -0.25) is 4.79 Å².